The normalized spacial score (nSPS) is 13.0. The standard InChI is InChI=1S/C16H16FN3O3/c1-10(12-3-5-13(17)6-4-12)20-15(21)11(2)23-16(22)14-9-18-7-8-19-14/h3-11H,1-2H3,(H,20,21). The molecular weight excluding hydrogens is 301 g/mol. The number of nitrogens with one attached hydrogen (secondary N) is 1. The van der Waals surface area contributed by atoms with Gasteiger partial charge in [-0.1, -0.05) is 12.1 Å². The molecule has 0 fully saturated rings. The molecule has 23 heavy (non-hydrogen) atoms. The number of ether oxygens (including phenoxy) is 1. The molecule has 0 aliphatic carbocycles. The molecule has 1 heterocycles. The summed E-state index contributed by atoms with van der Waals surface area (Å²) in [6.45, 7) is 3.21. The van der Waals surface area contributed by atoms with Crippen LogP contribution in [0.5, 0.6) is 0 Å². The molecule has 1 aromatic carbocycles. The molecule has 2 aromatic rings. The molecule has 0 radical (unpaired) electrons. The fourth-order valence-corrected chi connectivity index (χ4v) is 1.84. The van der Waals surface area contributed by atoms with Gasteiger partial charge in [0.05, 0.1) is 12.2 Å². The Balaban J connectivity index is 1.92. The highest BCUT2D eigenvalue weighted by atomic mass is 19.1. The fraction of sp³-hybridized carbons (Fsp3) is 0.250. The smallest absolute Gasteiger partial charge is 0.359 e. The van der Waals surface area contributed by atoms with Crippen LogP contribution in [0.15, 0.2) is 42.9 Å². The number of rotatable bonds is 5. The van der Waals surface area contributed by atoms with Crippen molar-refractivity contribution < 1.29 is 18.7 Å². The van der Waals surface area contributed by atoms with Crippen LogP contribution in [-0.2, 0) is 9.53 Å². The lowest BCUT2D eigenvalue weighted by Gasteiger charge is -2.18. The predicted octanol–water partition coefficient (Wildman–Crippen LogP) is 2.04. The van der Waals surface area contributed by atoms with E-state index in [1.807, 2.05) is 0 Å². The SMILES string of the molecule is CC(OC(=O)c1cnccn1)C(=O)NC(C)c1ccc(F)cc1. The zero-order valence-corrected chi connectivity index (χ0v) is 12.7. The molecule has 2 rings (SSSR count). The Bertz CT molecular complexity index is 677. The number of hydrogen-bond donors (Lipinski definition) is 1. The number of halogens is 1. The van der Waals surface area contributed by atoms with Crippen molar-refractivity contribution in [2.45, 2.75) is 26.0 Å². The summed E-state index contributed by atoms with van der Waals surface area (Å²) >= 11 is 0. The highest BCUT2D eigenvalue weighted by molar-refractivity contribution is 5.90. The Morgan fingerprint density at radius 2 is 1.87 bits per heavy atom. The molecule has 0 saturated carbocycles. The predicted molar refractivity (Wildman–Crippen MR) is 79.9 cm³/mol. The topological polar surface area (TPSA) is 81.2 Å². The Morgan fingerprint density at radius 1 is 1.17 bits per heavy atom. The molecule has 0 aliphatic heterocycles. The van der Waals surface area contributed by atoms with Crippen molar-refractivity contribution in [3.63, 3.8) is 0 Å². The van der Waals surface area contributed by atoms with Crippen LogP contribution < -0.4 is 5.32 Å². The van der Waals surface area contributed by atoms with Crippen molar-refractivity contribution >= 4 is 11.9 Å². The number of hydrogen-bond acceptors (Lipinski definition) is 5. The molecule has 120 valence electrons. The van der Waals surface area contributed by atoms with Gasteiger partial charge < -0.3 is 10.1 Å². The summed E-state index contributed by atoms with van der Waals surface area (Å²) in [4.78, 5) is 31.4. The average molecular weight is 317 g/mol. The van der Waals surface area contributed by atoms with Crippen molar-refractivity contribution in [3.05, 3.63) is 59.9 Å². The first-order chi connectivity index (χ1) is 11.0. The van der Waals surface area contributed by atoms with E-state index in [9.17, 15) is 14.0 Å². The Kier molecular flexibility index (Phi) is 5.35. The van der Waals surface area contributed by atoms with Crippen molar-refractivity contribution in [2.24, 2.45) is 0 Å². The van der Waals surface area contributed by atoms with Crippen LogP contribution >= 0.6 is 0 Å². The first-order valence-corrected chi connectivity index (χ1v) is 7.00. The molecule has 2 unspecified atom stereocenters. The van der Waals surface area contributed by atoms with Crippen LogP contribution in [0.25, 0.3) is 0 Å². The Hall–Kier alpha value is -2.83. The third-order valence-corrected chi connectivity index (χ3v) is 3.15. The number of amides is 1. The van der Waals surface area contributed by atoms with E-state index in [0.29, 0.717) is 0 Å². The molecule has 0 bridgehead atoms. The third kappa shape index (κ3) is 4.57. The Labute approximate surface area is 132 Å². The van der Waals surface area contributed by atoms with Gasteiger partial charge >= 0.3 is 5.97 Å². The number of carbonyl (C=O) groups excluding carboxylic acids is 2. The lowest BCUT2D eigenvalue weighted by molar-refractivity contribution is -0.129. The number of carbonyl (C=O) groups is 2. The van der Waals surface area contributed by atoms with Crippen LogP contribution in [0.1, 0.15) is 35.9 Å². The maximum absolute atomic E-state index is 12.9. The molecule has 1 amide bonds. The number of aromatic nitrogens is 2. The minimum atomic E-state index is -0.993. The summed E-state index contributed by atoms with van der Waals surface area (Å²) in [6, 6.07) is 5.44. The highest BCUT2D eigenvalue weighted by Crippen LogP contribution is 2.13. The molecular formula is C16H16FN3O3. The van der Waals surface area contributed by atoms with Crippen molar-refractivity contribution in [3.8, 4) is 0 Å². The van der Waals surface area contributed by atoms with Crippen LogP contribution in [0, 0.1) is 5.82 Å². The zero-order chi connectivity index (χ0) is 16.8. The van der Waals surface area contributed by atoms with Gasteiger partial charge in [-0.3, -0.25) is 9.78 Å². The molecule has 1 N–H and O–H groups in total. The van der Waals surface area contributed by atoms with Crippen molar-refractivity contribution in [1.82, 2.24) is 15.3 Å². The summed E-state index contributed by atoms with van der Waals surface area (Å²) in [6.07, 6.45) is 3.05. The van der Waals surface area contributed by atoms with Gasteiger partial charge in [0.2, 0.25) is 0 Å². The minimum absolute atomic E-state index is 0.0266. The number of benzene rings is 1. The van der Waals surface area contributed by atoms with E-state index in [1.54, 1.807) is 19.1 Å². The number of nitrogens with zero attached hydrogens (tertiary/aromatic N) is 2. The lowest BCUT2D eigenvalue weighted by atomic mass is 10.1. The van der Waals surface area contributed by atoms with Crippen LogP contribution in [-0.4, -0.2) is 27.9 Å². The highest BCUT2D eigenvalue weighted by Gasteiger charge is 2.21. The summed E-state index contributed by atoms with van der Waals surface area (Å²) in [7, 11) is 0. The summed E-state index contributed by atoms with van der Waals surface area (Å²) in [5.41, 5.74) is 0.769. The van der Waals surface area contributed by atoms with Gasteiger partial charge in [0.1, 0.15) is 5.82 Å². The van der Waals surface area contributed by atoms with E-state index >= 15 is 0 Å². The Morgan fingerprint density at radius 3 is 2.48 bits per heavy atom. The first-order valence-electron chi connectivity index (χ1n) is 7.00. The molecule has 6 nitrogen and oxygen atoms in total. The van der Waals surface area contributed by atoms with E-state index in [1.165, 1.54) is 37.6 Å². The summed E-state index contributed by atoms with van der Waals surface area (Å²) in [5, 5.41) is 2.70. The fourth-order valence-electron chi connectivity index (χ4n) is 1.84. The first kappa shape index (κ1) is 16.5. The molecule has 7 heteroatoms. The van der Waals surface area contributed by atoms with Gasteiger partial charge in [0, 0.05) is 12.4 Å². The van der Waals surface area contributed by atoms with Gasteiger partial charge in [-0.25, -0.2) is 14.2 Å². The summed E-state index contributed by atoms with van der Waals surface area (Å²) < 4.78 is 17.9. The monoisotopic (exact) mass is 317 g/mol. The molecule has 0 saturated heterocycles. The van der Waals surface area contributed by atoms with Gasteiger partial charge in [0.15, 0.2) is 11.8 Å². The van der Waals surface area contributed by atoms with Crippen molar-refractivity contribution in [2.75, 3.05) is 0 Å². The second-order valence-electron chi connectivity index (χ2n) is 4.92. The van der Waals surface area contributed by atoms with Gasteiger partial charge in [0.25, 0.3) is 5.91 Å². The van der Waals surface area contributed by atoms with Gasteiger partial charge in [-0.2, -0.15) is 0 Å². The quantitative estimate of drug-likeness (QED) is 0.854. The van der Waals surface area contributed by atoms with E-state index < -0.39 is 18.0 Å². The minimum Gasteiger partial charge on any atom is -0.448 e. The van der Waals surface area contributed by atoms with Crippen molar-refractivity contribution in [1.29, 1.82) is 0 Å². The molecule has 2 atom stereocenters. The zero-order valence-electron chi connectivity index (χ0n) is 12.7. The van der Waals surface area contributed by atoms with E-state index in [0.717, 1.165) is 5.56 Å². The molecule has 0 spiro atoms. The number of esters is 1. The maximum Gasteiger partial charge on any atom is 0.359 e. The molecule has 1 aromatic heterocycles. The maximum atomic E-state index is 12.9. The van der Waals surface area contributed by atoms with E-state index in [-0.39, 0.29) is 17.6 Å². The lowest BCUT2D eigenvalue weighted by Crippen LogP contribution is -2.37. The van der Waals surface area contributed by atoms with Gasteiger partial charge in [-0.05, 0) is 31.5 Å². The average Bonchev–Trinajstić information content (AvgIpc) is 2.56. The van der Waals surface area contributed by atoms with Crippen LogP contribution in [0.2, 0.25) is 0 Å². The second kappa shape index (κ2) is 7.44. The third-order valence-electron chi connectivity index (χ3n) is 3.15. The largest absolute Gasteiger partial charge is 0.448 e. The second-order valence-corrected chi connectivity index (χ2v) is 4.92. The van der Waals surface area contributed by atoms with E-state index in [2.05, 4.69) is 15.3 Å². The van der Waals surface area contributed by atoms with Crippen LogP contribution in [0.3, 0.4) is 0 Å². The van der Waals surface area contributed by atoms with Gasteiger partial charge in [-0.15, -0.1) is 0 Å². The summed E-state index contributed by atoms with van der Waals surface area (Å²) in [5.74, 6) is -1.53. The molecule has 0 aliphatic rings. The van der Waals surface area contributed by atoms with E-state index in [4.69, 9.17) is 4.74 Å². The van der Waals surface area contributed by atoms with Crippen LogP contribution in [0.4, 0.5) is 4.39 Å².